The van der Waals surface area contributed by atoms with Gasteiger partial charge in [-0.3, -0.25) is 0 Å². The van der Waals surface area contributed by atoms with Crippen LogP contribution in [0.4, 0.5) is 0 Å². The molecule has 6 nitrogen and oxygen atoms in total. The Bertz CT molecular complexity index is 1730. The van der Waals surface area contributed by atoms with Crippen molar-refractivity contribution < 1.29 is 19.7 Å². The molecule has 0 saturated heterocycles. The van der Waals surface area contributed by atoms with Crippen LogP contribution in [-0.2, 0) is 11.1 Å². The van der Waals surface area contributed by atoms with E-state index in [1.165, 1.54) is 47.6 Å². The molecular formula is C48H70N2O4. The van der Waals surface area contributed by atoms with E-state index < -0.39 is 11.1 Å². The van der Waals surface area contributed by atoms with Crippen LogP contribution in [0.25, 0.3) is 21.5 Å². The van der Waals surface area contributed by atoms with E-state index in [9.17, 15) is 10.2 Å². The molecule has 0 aliphatic heterocycles. The SMILES string of the molecule is Cc1c(OC2CCC(C(C)(C)C)CC2)ccc2cc([C@@](C)(N)CO)ccc12.Cc1c(OC2CCC(C(C)(C)C)CC2)ccc2cc([C@@](C)(N)CO)ccc12. The first-order chi connectivity index (χ1) is 25.2. The molecule has 0 aromatic heterocycles. The number of nitrogens with two attached hydrogens (primary N) is 2. The summed E-state index contributed by atoms with van der Waals surface area (Å²) in [5.41, 5.74) is 16.0. The zero-order valence-electron chi connectivity index (χ0n) is 35.0. The predicted octanol–water partition coefficient (Wildman–Crippen LogP) is 10.6. The second-order valence-corrected chi connectivity index (χ2v) is 19.3. The Hall–Kier alpha value is -3.16. The van der Waals surface area contributed by atoms with Gasteiger partial charge < -0.3 is 31.2 Å². The number of aliphatic hydroxyl groups is 2. The van der Waals surface area contributed by atoms with Gasteiger partial charge in [-0.15, -0.1) is 0 Å². The summed E-state index contributed by atoms with van der Waals surface area (Å²) in [6.45, 7) is 21.9. The number of hydrogen-bond acceptors (Lipinski definition) is 6. The number of benzene rings is 4. The third-order valence-electron chi connectivity index (χ3n) is 12.8. The molecule has 54 heavy (non-hydrogen) atoms. The van der Waals surface area contributed by atoms with Crippen molar-refractivity contribution in [2.75, 3.05) is 13.2 Å². The van der Waals surface area contributed by atoms with Crippen LogP contribution in [0.15, 0.2) is 60.7 Å². The molecule has 2 fully saturated rings. The Labute approximate surface area is 326 Å². The van der Waals surface area contributed by atoms with E-state index in [4.69, 9.17) is 20.9 Å². The number of fused-ring (bicyclic) bond motifs is 2. The quantitative estimate of drug-likeness (QED) is 0.143. The van der Waals surface area contributed by atoms with Gasteiger partial charge in [-0.1, -0.05) is 77.9 Å². The number of aryl methyl sites for hydroxylation is 2. The van der Waals surface area contributed by atoms with E-state index in [0.717, 1.165) is 70.9 Å². The normalized spacial score (nSPS) is 23.2. The van der Waals surface area contributed by atoms with Crippen molar-refractivity contribution in [1.29, 1.82) is 0 Å². The number of ether oxygens (including phenoxy) is 2. The molecule has 4 aromatic rings. The Morgan fingerprint density at radius 1 is 0.519 bits per heavy atom. The molecule has 2 saturated carbocycles. The molecule has 4 aromatic carbocycles. The van der Waals surface area contributed by atoms with Crippen LogP contribution in [0.2, 0.25) is 0 Å². The highest BCUT2D eigenvalue weighted by Crippen LogP contribution is 2.41. The first-order valence-corrected chi connectivity index (χ1v) is 20.4. The molecule has 2 atom stereocenters. The van der Waals surface area contributed by atoms with Gasteiger partial charge in [-0.2, -0.15) is 0 Å². The Kier molecular flexibility index (Phi) is 12.8. The third-order valence-corrected chi connectivity index (χ3v) is 12.8. The van der Waals surface area contributed by atoms with Crippen LogP contribution in [0, 0.1) is 36.5 Å². The van der Waals surface area contributed by atoms with E-state index in [-0.39, 0.29) is 13.2 Å². The Morgan fingerprint density at radius 3 is 1.15 bits per heavy atom. The van der Waals surface area contributed by atoms with Crippen LogP contribution in [0.5, 0.6) is 11.5 Å². The highest BCUT2D eigenvalue weighted by atomic mass is 16.5. The number of rotatable bonds is 8. The smallest absolute Gasteiger partial charge is 0.123 e. The fraction of sp³-hybridized carbons (Fsp3) is 0.583. The summed E-state index contributed by atoms with van der Waals surface area (Å²) >= 11 is 0. The summed E-state index contributed by atoms with van der Waals surface area (Å²) < 4.78 is 12.8. The molecule has 6 heteroatoms. The molecule has 0 bridgehead atoms. The zero-order valence-corrected chi connectivity index (χ0v) is 35.0. The predicted molar refractivity (Wildman–Crippen MR) is 226 cm³/mol. The van der Waals surface area contributed by atoms with Crippen molar-refractivity contribution in [2.45, 2.75) is 144 Å². The molecule has 6 rings (SSSR count). The molecule has 0 amide bonds. The fourth-order valence-electron chi connectivity index (χ4n) is 8.53. The van der Waals surface area contributed by atoms with Gasteiger partial charge >= 0.3 is 0 Å². The second-order valence-electron chi connectivity index (χ2n) is 19.3. The second kappa shape index (κ2) is 16.5. The molecular weight excluding hydrogens is 669 g/mol. The van der Waals surface area contributed by atoms with Crippen molar-refractivity contribution in [3.63, 3.8) is 0 Å². The third kappa shape index (κ3) is 9.79. The van der Waals surface area contributed by atoms with Crippen LogP contribution in [-0.4, -0.2) is 35.6 Å². The van der Waals surface area contributed by atoms with Crippen molar-refractivity contribution in [3.8, 4) is 11.5 Å². The average Bonchev–Trinajstić information content (AvgIpc) is 3.13. The maximum atomic E-state index is 9.52. The van der Waals surface area contributed by atoms with E-state index in [2.05, 4.69) is 104 Å². The number of aliphatic hydroxyl groups excluding tert-OH is 2. The van der Waals surface area contributed by atoms with Gasteiger partial charge in [0.15, 0.2) is 0 Å². The largest absolute Gasteiger partial charge is 0.490 e. The summed E-state index contributed by atoms with van der Waals surface area (Å²) in [7, 11) is 0. The lowest BCUT2D eigenvalue weighted by Crippen LogP contribution is -2.36. The Balaban J connectivity index is 0.000000208. The maximum absolute atomic E-state index is 9.52. The first kappa shape index (κ1) is 42.0. The van der Waals surface area contributed by atoms with Gasteiger partial charge in [-0.05, 0) is 170 Å². The standard InChI is InChI=1S/2C24H35NO2/c2*1-16-21-12-9-19(24(5,25)15-26)14-17(21)6-13-22(16)27-20-10-7-18(8-11-20)23(2,3)4/h2*6,9,12-14,18,20,26H,7-8,10-11,15,25H2,1-5H3/t2*18?,20?,24-/m00/s1. The van der Waals surface area contributed by atoms with E-state index in [1.54, 1.807) is 0 Å². The van der Waals surface area contributed by atoms with Gasteiger partial charge in [-0.25, -0.2) is 0 Å². The molecule has 2 aliphatic carbocycles. The van der Waals surface area contributed by atoms with Gasteiger partial charge in [0.2, 0.25) is 0 Å². The highest BCUT2D eigenvalue weighted by molar-refractivity contribution is 5.89. The minimum Gasteiger partial charge on any atom is -0.490 e. The van der Waals surface area contributed by atoms with Crippen molar-refractivity contribution in [2.24, 2.45) is 34.1 Å². The lowest BCUT2D eigenvalue weighted by Gasteiger charge is -2.37. The van der Waals surface area contributed by atoms with Crippen molar-refractivity contribution in [3.05, 3.63) is 82.9 Å². The number of hydrogen-bond donors (Lipinski definition) is 4. The van der Waals surface area contributed by atoms with Crippen LogP contribution in [0.1, 0.15) is 129 Å². The van der Waals surface area contributed by atoms with Crippen LogP contribution < -0.4 is 20.9 Å². The maximum Gasteiger partial charge on any atom is 0.123 e. The summed E-state index contributed by atoms with van der Waals surface area (Å²) in [4.78, 5) is 0. The van der Waals surface area contributed by atoms with Crippen molar-refractivity contribution >= 4 is 21.5 Å². The fourth-order valence-corrected chi connectivity index (χ4v) is 8.53. The van der Waals surface area contributed by atoms with Crippen LogP contribution >= 0.6 is 0 Å². The summed E-state index contributed by atoms with van der Waals surface area (Å²) in [5, 5.41) is 23.7. The summed E-state index contributed by atoms with van der Waals surface area (Å²) in [6, 6.07) is 20.8. The summed E-state index contributed by atoms with van der Waals surface area (Å²) in [5.74, 6) is 3.58. The van der Waals surface area contributed by atoms with Gasteiger partial charge in [0.25, 0.3) is 0 Å². The molecule has 0 unspecified atom stereocenters. The molecule has 296 valence electrons. The van der Waals surface area contributed by atoms with E-state index in [1.807, 2.05) is 26.0 Å². The van der Waals surface area contributed by atoms with E-state index in [0.29, 0.717) is 23.0 Å². The first-order valence-electron chi connectivity index (χ1n) is 20.4. The van der Waals surface area contributed by atoms with Crippen molar-refractivity contribution in [1.82, 2.24) is 0 Å². The minimum absolute atomic E-state index is 0.0735. The lowest BCUT2D eigenvalue weighted by atomic mass is 9.72. The molecule has 2 aliphatic rings. The Morgan fingerprint density at radius 2 is 0.852 bits per heavy atom. The molecule has 0 spiro atoms. The van der Waals surface area contributed by atoms with Gasteiger partial charge in [0.1, 0.15) is 11.5 Å². The minimum atomic E-state index is -0.719. The van der Waals surface area contributed by atoms with Gasteiger partial charge in [0, 0.05) is 0 Å². The average molecular weight is 739 g/mol. The monoisotopic (exact) mass is 739 g/mol. The lowest BCUT2D eigenvalue weighted by molar-refractivity contribution is 0.0876. The highest BCUT2D eigenvalue weighted by Gasteiger charge is 2.32. The molecule has 6 N–H and O–H groups in total. The van der Waals surface area contributed by atoms with Crippen LogP contribution in [0.3, 0.4) is 0 Å². The molecule has 0 radical (unpaired) electrons. The topological polar surface area (TPSA) is 111 Å². The summed E-state index contributed by atoms with van der Waals surface area (Å²) in [6.07, 6.45) is 10.2. The zero-order chi connectivity index (χ0) is 39.6. The van der Waals surface area contributed by atoms with Gasteiger partial charge in [0.05, 0.1) is 36.5 Å². The molecule has 0 heterocycles. The van der Waals surface area contributed by atoms with E-state index >= 15 is 0 Å².